The van der Waals surface area contributed by atoms with Crippen LogP contribution in [0.3, 0.4) is 0 Å². The topological polar surface area (TPSA) is 72.0 Å². The Morgan fingerprint density at radius 3 is 2.64 bits per heavy atom. The number of benzene rings is 2. The molecule has 3 rings (SSSR count). The molecule has 128 valence electrons. The number of nitrogens with zero attached hydrogens (tertiary/aromatic N) is 3. The second kappa shape index (κ2) is 8.05. The van der Waals surface area contributed by atoms with Crippen LogP contribution in [0.4, 0.5) is 21.8 Å². The van der Waals surface area contributed by atoms with Crippen LogP contribution < -0.4 is 15.4 Å². The first kappa shape index (κ1) is 16.6. The summed E-state index contributed by atoms with van der Waals surface area (Å²) in [5, 5.41) is 14.0. The summed E-state index contributed by atoms with van der Waals surface area (Å²) in [7, 11) is 0. The summed E-state index contributed by atoms with van der Waals surface area (Å²) in [6, 6.07) is 14.0. The predicted octanol–water partition coefficient (Wildman–Crippen LogP) is 3.77. The minimum Gasteiger partial charge on any atom is -0.494 e. The monoisotopic (exact) mass is 339 g/mol. The highest BCUT2D eigenvalue weighted by molar-refractivity contribution is 5.55. The molecule has 0 spiro atoms. The third-order valence-electron chi connectivity index (χ3n) is 3.40. The number of anilines is 3. The number of rotatable bonds is 7. The van der Waals surface area contributed by atoms with Crippen LogP contribution in [0.1, 0.15) is 12.5 Å². The molecule has 1 aromatic heterocycles. The largest absolute Gasteiger partial charge is 0.494 e. The fraction of sp³-hybridized carbons (Fsp3) is 0.167. The zero-order valence-corrected chi connectivity index (χ0v) is 13.7. The predicted molar refractivity (Wildman–Crippen MR) is 94.4 cm³/mol. The third kappa shape index (κ3) is 4.63. The first-order valence-corrected chi connectivity index (χ1v) is 7.91. The highest BCUT2D eigenvalue weighted by atomic mass is 19.1. The molecule has 0 aliphatic rings. The molecule has 0 atom stereocenters. The van der Waals surface area contributed by atoms with Crippen molar-refractivity contribution in [3.8, 4) is 5.75 Å². The lowest BCUT2D eigenvalue weighted by molar-refractivity contribution is 0.340. The van der Waals surface area contributed by atoms with E-state index < -0.39 is 0 Å². The lowest BCUT2D eigenvalue weighted by Gasteiger charge is -2.09. The van der Waals surface area contributed by atoms with Crippen molar-refractivity contribution in [3.05, 3.63) is 66.1 Å². The molecular formula is C18H18FN5O. The summed E-state index contributed by atoms with van der Waals surface area (Å²) in [5.41, 5.74) is 1.37. The van der Waals surface area contributed by atoms with E-state index in [4.69, 9.17) is 4.74 Å². The lowest BCUT2D eigenvalue weighted by atomic mass is 10.2. The Labute approximate surface area is 145 Å². The molecule has 0 aliphatic heterocycles. The average Bonchev–Trinajstić information content (AvgIpc) is 2.63. The summed E-state index contributed by atoms with van der Waals surface area (Å²) in [5.74, 6) is 1.39. The highest BCUT2D eigenvalue weighted by Gasteiger charge is 2.04. The normalized spacial score (nSPS) is 10.3. The summed E-state index contributed by atoms with van der Waals surface area (Å²) >= 11 is 0. The van der Waals surface area contributed by atoms with Gasteiger partial charge in [-0.2, -0.15) is 10.1 Å². The van der Waals surface area contributed by atoms with E-state index in [1.54, 1.807) is 18.2 Å². The van der Waals surface area contributed by atoms with Gasteiger partial charge in [-0.05, 0) is 37.3 Å². The molecule has 7 heteroatoms. The second-order valence-electron chi connectivity index (χ2n) is 5.19. The van der Waals surface area contributed by atoms with Gasteiger partial charge in [-0.15, -0.1) is 5.10 Å². The van der Waals surface area contributed by atoms with Crippen molar-refractivity contribution in [3.63, 3.8) is 0 Å². The summed E-state index contributed by atoms with van der Waals surface area (Å²) in [4.78, 5) is 4.32. The molecule has 0 saturated heterocycles. The van der Waals surface area contributed by atoms with Gasteiger partial charge in [-0.25, -0.2) is 4.39 Å². The van der Waals surface area contributed by atoms with Gasteiger partial charge in [-0.1, -0.05) is 18.2 Å². The summed E-state index contributed by atoms with van der Waals surface area (Å²) in [6.07, 6.45) is 1.49. The van der Waals surface area contributed by atoms with E-state index in [2.05, 4.69) is 25.8 Å². The fourth-order valence-corrected chi connectivity index (χ4v) is 2.20. The van der Waals surface area contributed by atoms with Gasteiger partial charge in [0.2, 0.25) is 5.95 Å². The number of hydrogen-bond donors (Lipinski definition) is 2. The number of hydrogen-bond acceptors (Lipinski definition) is 6. The van der Waals surface area contributed by atoms with Crippen LogP contribution in [-0.2, 0) is 6.54 Å². The average molecular weight is 339 g/mol. The van der Waals surface area contributed by atoms with Gasteiger partial charge in [0.1, 0.15) is 11.6 Å². The Bertz CT molecular complexity index is 826. The van der Waals surface area contributed by atoms with Crippen molar-refractivity contribution in [2.75, 3.05) is 17.2 Å². The van der Waals surface area contributed by atoms with E-state index in [-0.39, 0.29) is 5.82 Å². The summed E-state index contributed by atoms with van der Waals surface area (Å²) < 4.78 is 19.0. The standard InChI is InChI=1S/C18H18FN5O/c1-2-25-15-9-7-14(8-10-15)22-18-23-17(12-21-24-18)20-11-13-5-3-4-6-16(13)19/h3-10,12H,2,11H2,1H3,(H2,20,22,23,24). The molecule has 0 fully saturated rings. The molecule has 0 saturated carbocycles. The van der Waals surface area contributed by atoms with Crippen LogP contribution in [0.5, 0.6) is 5.75 Å². The summed E-state index contributed by atoms with van der Waals surface area (Å²) in [6.45, 7) is 2.87. The highest BCUT2D eigenvalue weighted by Crippen LogP contribution is 2.18. The van der Waals surface area contributed by atoms with Crippen LogP contribution in [0.2, 0.25) is 0 Å². The Morgan fingerprint density at radius 1 is 1.08 bits per heavy atom. The molecule has 2 N–H and O–H groups in total. The lowest BCUT2D eigenvalue weighted by Crippen LogP contribution is -2.06. The molecular weight excluding hydrogens is 321 g/mol. The Morgan fingerprint density at radius 2 is 1.88 bits per heavy atom. The fourth-order valence-electron chi connectivity index (χ4n) is 2.20. The first-order valence-electron chi connectivity index (χ1n) is 7.91. The zero-order valence-electron chi connectivity index (χ0n) is 13.7. The van der Waals surface area contributed by atoms with Gasteiger partial charge in [0, 0.05) is 17.8 Å². The van der Waals surface area contributed by atoms with Crippen molar-refractivity contribution in [1.29, 1.82) is 0 Å². The first-order chi connectivity index (χ1) is 12.2. The van der Waals surface area contributed by atoms with Crippen LogP contribution in [-0.4, -0.2) is 21.8 Å². The zero-order chi connectivity index (χ0) is 17.5. The Balaban J connectivity index is 1.64. The van der Waals surface area contributed by atoms with Crippen LogP contribution >= 0.6 is 0 Å². The maximum Gasteiger partial charge on any atom is 0.249 e. The van der Waals surface area contributed by atoms with E-state index in [1.165, 1.54) is 12.3 Å². The number of ether oxygens (including phenoxy) is 1. The van der Waals surface area contributed by atoms with E-state index in [1.807, 2.05) is 31.2 Å². The van der Waals surface area contributed by atoms with Crippen molar-refractivity contribution in [2.24, 2.45) is 0 Å². The molecule has 0 unspecified atom stereocenters. The minimum absolute atomic E-state index is 0.259. The van der Waals surface area contributed by atoms with Crippen molar-refractivity contribution in [2.45, 2.75) is 13.5 Å². The van der Waals surface area contributed by atoms with Gasteiger partial charge in [-0.3, -0.25) is 0 Å². The van der Waals surface area contributed by atoms with E-state index in [0.29, 0.717) is 30.5 Å². The van der Waals surface area contributed by atoms with E-state index in [0.717, 1.165) is 11.4 Å². The van der Waals surface area contributed by atoms with Crippen molar-refractivity contribution >= 4 is 17.5 Å². The molecule has 0 radical (unpaired) electrons. The van der Waals surface area contributed by atoms with Crippen LogP contribution in [0, 0.1) is 5.82 Å². The molecule has 0 aliphatic carbocycles. The van der Waals surface area contributed by atoms with Gasteiger partial charge in [0.05, 0.1) is 12.8 Å². The SMILES string of the molecule is CCOc1ccc(Nc2nncc(NCc3ccccc3F)n2)cc1. The number of aromatic nitrogens is 3. The van der Waals surface area contributed by atoms with Gasteiger partial charge < -0.3 is 15.4 Å². The maximum absolute atomic E-state index is 13.6. The molecule has 0 bridgehead atoms. The van der Waals surface area contributed by atoms with Crippen LogP contribution in [0.25, 0.3) is 0 Å². The number of nitrogens with one attached hydrogen (secondary N) is 2. The maximum atomic E-state index is 13.6. The van der Waals surface area contributed by atoms with E-state index in [9.17, 15) is 4.39 Å². The molecule has 0 amide bonds. The smallest absolute Gasteiger partial charge is 0.249 e. The van der Waals surface area contributed by atoms with Gasteiger partial charge >= 0.3 is 0 Å². The van der Waals surface area contributed by atoms with Gasteiger partial charge in [0.25, 0.3) is 0 Å². The minimum atomic E-state index is -0.259. The quantitative estimate of drug-likeness (QED) is 0.683. The Kier molecular flexibility index (Phi) is 5.36. The molecule has 1 heterocycles. The second-order valence-corrected chi connectivity index (χ2v) is 5.19. The molecule has 25 heavy (non-hydrogen) atoms. The third-order valence-corrected chi connectivity index (χ3v) is 3.40. The van der Waals surface area contributed by atoms with Crippen molar-refractivity contribution in [1.82, 2.24) is 15.2 Å². The Hall–Kier alpha value is -3.22. The van der Waals surface area contributed by atoms with E-state index >= 15 is 0 Å². The number of halogens is 1. The molecule has 3 aromatic rings. The van der Waals surface area contributed by atoms with Crippen molar-refractivity contribution < 1.29 is 9.13 Å². The van der Waals surface area contributed by atoms with Gasteiger partial charge in [0.15, 0.2) is 5.82 Å². The molecule has 6 nitrogen and oxygen atoms in total. The molecule has 2 aromatic carbocycles. The van der Waals surface area contributed by atoms with Crippen LogP contribution in [0.15, 0.2) is 54.7 Å².